The summed E-state index contributed by atoms with van der Waals surface area (Å²) in [6.45, 7) is 5.72. The van der Waals surface area contributed by atoms with Crippen LogP contribution < -0.4 is 10.1 Å². The molecular weight excluding hydrogens is 394 g/mol. The monoisotopic (exact) mass is 421 g/mol. The highest BCUT2D eigenvalue weighted by Gasteiger charge is 2.25. The molecule has 7 heteroatoms. The SMILES string of the molecule is CC[C@@H](C)c1ccccc1NC(=O)[C@H](C)OC(=O)c1nn(-c2ccccc2)cc1OC. The smallest absolute Gasteiger partial charge is 0.363 e. The highest BCUT2D eigenvalue weighted by molar-refractivity contribution is 5.98. The number of hydrogen-bond donors (Lipinski definition) is 1. The van der Waals surface area contributed by atoms with Crippen molar-refractivity contribution in [3.05, 3.63) is 72.1 Å². The summed E-state index contributed by atoms with van der Waals surface area (Å²) in [6.07, 6.45) is 1.53. The van der Waals surface area contributed by atoms with Gasteiger partial charge in [0.2, 0.25) is 5.69 Å². The third-order valence-corrected chi connectivity index (χ3v) is 5.13. The second-order valence-corrected chi connectivity index (χ2v) is 7.26. The van der Waals surface area contributed by atoms with Gasteiger partial charge < -0.3 is 14.8 Å². The first-order chi connectivity index (χ1) is 14.9. The van der Waals surface area contributed by atoms with Gasteiger partial charge in [-0.25, -0.2) is 9.48 Å². The molecule has 162 valence electrons. The second-order valence-electron chi connectivity index (χ2n) is 7.26. The van der Waals surface area contributed by atoms with Crippen LogP contribution in [0.15, 0.2) is 60.8 Å². The average molecular weight is 421 g/mol. The van der Waals surface area contributed by atoms with Crippen molar-refractivity contribution in [2.45, 2.75) is 39.2 Å². The largest absolute Gasteiger partial charge is 0.493 e. The van der Waals surface area contributed by atoms with Crippen molar-refractivity contribution in [1.29, 1.82) is 0 Å². The van der Waals surface area contributed by atoms with Crippen molar-refractivity contribution in [2.24, 2.45) is 0 Å². The summed E-state index contributed by atoms with van der Waals surface area (Å²) in [6, 6.07) is 17.0. The number of methoxy groups -OCH3 is 1. The Labute approximate surface area is 182 Å². The Morgan fingerprint density at radius 3 is 2.42 bits per heavy atom. The molecule has 2 atom stereocenters. The molecule has 1 amide bonds. The van der Waals surface area contributed by atoms with Crippen LogP contribution in [0.1, 0.15) is 49.2 Å². The van der Waals surface area contributed by atoms with Gasteiger partial charge in [0.05, 0.1) is 19.0 Å². The molecule has 0 bridgehead atoms. The van der Waals surface area contributed by atoms with E-state index in [1.807, 2.05) is 54.6 Å². The lowest BCUT2D eigenvalue weighted by atomic mass is 9.97. The average Bonchev–Trinajstić information content (AvgIpc) is 3.24. The minimum atomic E-state index is -1.01. The molecule has 0 fully saturated rings. The number of para-hydroxylation sites is 2. The first-order valence-corrected chi connectivity index (χ1v) is 10.2. The van der Waals surface area contributed by atoms with Crippen molar-refractivity contribution in [1.82, 2.24) is 9.78 Å². The molecule has 1 heterocycles. The molecular formula is C24H27N3O4. The maximum Gasteiger partial charge on any atom is 0.363 e. The molecule has 31 heavy (non-hydrogen) atoms. The lowest BCUT2D eigenvalue weighted by molar-refractivity contribution is -0.123. The Bertz CT molecular complexity index is 1050. The number of nitrogens with zero attached hydrogens (tertiary/aromatic N) is 2. The van der Waals surface area contributed by atoms with E-state index in [-0.39, 0.29) is 11.4 Å². The summed E-state index contributed by atoms with van der Waals surface area (Å²) in [5.41, 5.74) is 2.54. The molecule has 0 unspecified atom stereocenters. The number of carbonyl (C=O) groups excluding carboxylic acids is 2. The zero-order chi connectivity index (χ0) is 22.4. The molecule has 3 rings (SSSR count). The predicted octanol–water partition coefficient (Wildman–Crippen LogP) is 4.58. The van der Waals surface area contributed by atoms with Crippen molar-refractivity contribution in [3.8, 4) is 11.4 Å². The van der Waals surface area contributed by atoms with E-state index in [1.165, 1.54) is 18.7 Å². The van der Waals surface area contributed by atoms with Crippen LogP contribution in [0.4, 0.5) is 5.69 Å². The topological polar surface area (TPSA) is 82.5 Å². The quantitative estimate of drug-likeness (QED) is 0.539. The molecule has 3 aromatic rings. The minimum absolute atomic E-state index is 0.00556. The van der Waals surface area contributed by atoms with Gasteiger partial charge in [-0.3, -0.25) is 4.79 Å². The van der Waals surface area contributed by atoms with Crippen LogP contribution in [-0.4, -0.2) is 34.9 Å². The van der Waals surface area contributed by atoms with E-state index in [0.717, 1.165) is 23.4 Å². The second kappa shape index (κ2) is 9.93. The highest BCUT2D eigenvalue weighted by Crippen LogP contribution is 2.27. The van der Waals surface area contributed by atoms with Gasteiger partial charge >= 0.3 is 5.97 Å². The fourth-order valence-corrected chi connectivity index (χ4v) is 3.13. The molecule has 1 N–H and O–H groups in total. The Hall–Kier alpha value is -3.61. The molecule has 0 aliphatic carbocycles. The zero-order valence-corrected chi connectivity index (χ0v) is 18.2. The molecule has 0 aliphatic rings. The fraction of sp³-hybridized carbons (Fsp3) is 0.292. The van der Waals surface area contributed by atoms with Crippen molar-refractivity contribution >= 4 is 17.6 Å². The lowest BCUT2D eigenvalue weighted by Gasteiger charge is -2.18. The van der Waals surface area contributed by atoms with Crippen LogP contribution in [-0.2, 0) is 9.53 Å². The number of benzene rings is 2. The lowest BCUT2D eigenvalue weighted by Crippen LogP contribution is -2.30. The third-order valence-electron chi connectivity index (χ3n) is 5.13. The predicted molar refractivity (Wildman–Crippen MR) is 119 cm³/mol. The number of ether oxygens (including phenoxy) is 2. The summed E-state index contributed by atoms with van der Waals surface area (Å²) < 4.78 is 12.2. The summed E-state index contributed by atoms with van der Waals surface area (Å²) in [5.74, 6) is -0.584. The molecule has 0 saturated heterocycles. The molecule has 0 saturated carbocycles. The van der Waals surface area contributed by atoms with Crippen LogP contribution in [0.25, 0.3) is 5.69 Å². The minimum Gasteiger partial charge on any atom is -0.493 e. The molecule has 0 radical (unpaired) electrons. The van der Waals surface area contributed by atoms with E-state index in [9.17, 15) is 9.59 Å². The molecule has 0 spiro atoms. The first kappa shape index (κ1) is 22.1. The van der Waals surface area contributed by atoms with Crippen molar-refractivity contribution in [3.63, 3.8) is 0 Å². The standard InChI is InChI=1S/C24H27N3O4/c1-5-16(2)19-13-9-10-14-20(19)25-23(28)17(3)31-24(29)22-21(30-4)15-27(26-22)18-11-7-6-8-12-18/h6-17H,5H2,1-4H3,(H,25,28)/t16-,17+/m1/s1. The number of anilines is 1. The maximum atomic E-state index is 12.7. The Balaban J connectivity index is 1.72. The number of hydrogen-bond acceptors (Lipinski definition) is 5. The Kier molecular flexibility index (Phi) is 7.07. The molecule has 7 nitrogen and oxygen atoms in total. The number of rotatable bonds is 8. The first-order valence-electron chi connectivity index (χ1n) is 10.2. The van der Waals surface area contributed by atoms with E-state index >= 15 is 0 Å². The fourth-order valence-electron chi connectivity index (χ4n) is 3.13. The van der Waals surface area contributed by atoms with Crippen LogP contribution in [0.5, 0.6) is 5.75 Å². The summed E-state index contributed by atoms with van der Waals surface area (Å²) in [7, 11) is 1.45. The van der Waals surface area contributed by atoms with Crippen LogP contribution >= 0.6 is 0 Å². The zero-order valence-electron chi connectivity index (χ0n) is 18.2. The molecule has 1 aromatic heterocycles. The van der Waals surface area contributed by atoms with Gasteiger partial charge in [0.25, 0.3) is 5.91 Å². The number of nitrogens with one attached hydrogen (secondary N) is 1. The van der Waals surface area contributed by atoms with E-state index in [2.05, 4.69) is 24.3 Å². The van der Waals surface area contributed by atoms with Gasteiger partial charge in [-0.15, -0.1) is 0 Å². The summed E-state index contributed by atoms with van der Waals surface area (Å²) in [5, 5.41) is 7.15. The van der Waals surface area contributed by atoms with E-state index in [1.54, 1.807) is 6.20 Å². The van der Waals surface area contributed by atoms with E-state index in [0.29, 0.717) is 5.92 Å². The van der Waals surface area contributed by atoms with E-state index < -0.39 is 18.0 Å². The molecule has 0 aliphatic heterocycles. The Morgan fingerprint density at radius 1 is 1.06 bits per heavy atom. The van der Waals surface area contributed by atoms with Crippen molar-refractivity contribution in [2.75, 3.05) is 12.4 Å². The van der Waals surface area contributed by atoms with Crippen molar-refractivity contribution < 1.29 is 19.1 Å². The van der Waals surface area contributed by atoms with Crippen LogP contribution in [0.2, 0.25) is 0 Å². The number of esters is 1. The van der Waals surface area contributed by atoms with Gasteiger partial charge in [0.1, 0.15) is 0 Å². The molecule has 2 aromatic carbocycles. The normalized spacial score (nSPS) is 12.6. The van der Waals surface area contributed by atoms with Gasteiger partial charge in [0, 0.05) is 5.69 Å². The summed E-state index contributed by atoms with van der Waals surface area (Å²) in [4.78, 5) is 25.4. The maximum absolute atomic E-state index is 12.7. The van der Waals surface area contributed by atoms with E-state index in [4.69, 9.17) is 9.47 Å². The van der Waals surface area contributed by atoms with Crippen LogP contribution in [0.3, 0.4) is 0 Å². The van der Waals surface area contributed by atoms with Crippen LogP contribution in [0, 0.1) is 0 Å². The number of aromatic nitrogens is 2. The number of carbonyl (C=O) groups is 2. The van der Waals surface area contributed by atoms with Gasteiger partial charge in [-0.2, -0.15) is 5.10 Å². The third kappa shape index (κ3) is 5.12. The van der Waals surface area contributed by atoms with Gasteiger partial charge in [-0.1, -0.05) is 50.2 Å². The highest BCUT2D eigenvalue weighted by atomic mass is 16.6. The number of amides is 1. The van der Waals surface area contributed by atoms with Gasteiger partial charge in [0.15, 0.2) is 11.9 Å². The Morgan fingerprint density at radius 2 is 1.74 bits per heavy atom. The van der Waals surface area contributed by atoms with Gasteiger partial charge in [-0.05, 0) is 43.0 Å². The summed E-state index contributed by atoms with van der Waals surface area (Å²) >= 11 is 0.